The molecule has 0 aliphatic carbocycles. The van der Waals surface area contributed by atoms with Gasteiger partial charge in [0.05, 0.1) is 21.0 Å². The number of hydrogen-bond donors (Lipinski definition) is 1. The Bertz CT molecular complexity index is 1460. The molecule has 0 aliphatic heterocycles. The predicted molar refractivity (Wildman–Crippen MR) is 123 cm³/mol. The fraction of sp³-hybridized carbons (Fsp3) is 0.174. The summed E-state index contributed by atoms with van der Waals surface area (Å²) in [6.45, 7) is 2.49. The van der Waals surface area contributed by atoms with E-state index in [1.165, 1.54) is 18.2 Å². The number of nitrogens with one attached hydrogen (secondary N) is 1. The smallest absolute Gasteiger partial charge is 0.240 e. The monoisotopic (exact) mass is 469 g/mol. The van der Waals surface area contributed by atoms with Crippen molar-refractivity contribution in [2.45, 2.75) is 34.6 Å². The SMILES string of the molecule is Cc1ccc(S(=O)(=O)c2ccc3ccccc3c2)cc1S(=O)(=O)NCCCn1ccnc1. The number of fused-ring (bicyclic) bond motifs is 1. The first kappa shape index (κ1) is 22.2. The van der Waals surface area contributed by atoms with Gasteiger partial charge in [0.1, 0.15) is 0 Å². The van der Waals surface area contributed by atoms with E-state index in [1.54, 1.807) is 43.8 Å². The maximum atomic E-state index is 13.2. The molecule has 4 aromatic rings. The summed E-state index contributed by atoms with van der Waals surface area (Å²) in [6.07, 6.45) is 5.71. The number of rotatable bonds is 8. The highest BCUT2D eigenvalue weighted by Crippen LogP contribution is 2.27. The highest BCUT2D eigenvalue weighted by Gasteiger charge is 2.23. The normalized spacial score (nSPS) is 12.3. The first-order chi connectivity index (χ1) is 15.3. The summed E-state index contributed by atoms with van der Waals surface area (Å²) in [7, 11) is -7.76. The summed E-state index contributed by atoms with van der Waals surface area (Å²) in [5.74, 6) is 0. The van der Waals surface area contributed by atoms with Gasteiger partial charge in [0.2, 0.25) is 19.9 Å². The molecule has 0 amide bonds. The second kappa shape index (κ2) is 8.85. The number of aryl methyl sites for hydroxylation is 2. The van der Waals surface area contributed by atoms with Gasteiger partial charge in [-0.2, -0.15) is 0 Å². The van der Waals surface area contributed by atoms with Crippen molar-refractivity contribution < 1.29 is 16.8 Å². The Kier molecular flexibility index (Phi) is 6.14. The van der Waals surface area contributed by atoms with Crippen LogP contribution in [0.25, 0.3) is 10.8 Å². The lowest BCUT2D eigenvalue weighted by Crippen LogP contribution is -2.26. The molecule has 1 N–H and O–H groups in total. The summed E-state index contributed by atoms with van der Waals surface area (Å²) < 4.78 is 56.7. The number of benzene rings is 3. The molecule has 4 rings (SSSR count). The van der Waals surface area contributed by atoms with E-state index in [1.807, 2.05) is 28.8 Å². The van der Waals surface area contributed by atoms with Crippen LogP contribution in [-0.4, -0.2) is 32.9 Å². The Morgan fingerprint density at radius 1 is 0.906 bits per heavy atom. The molecule has 166 valence electrons. The predicted octanol–water partition coefficient (Wildman–Crippen LogP) is 3.55. The first-order valence-electron chi connectivity index (χ1n) is 10.1. The van der Waals surface area contributed by atoms with Gasteiger partial charge in [-0.15, -0.1) is 0 Å². The molecule has 0 bridgehead atoms. The number of imidazole rings is 1. The molecule has 7 nitrogen and oxygen atoms in total. The highest BCUT2D eigenvalue weighted by atomic mass is 32.2. The van der Waals surface area contributed by atoms with Crippen LogP contribution in [0, 0.1) is 6.92 Å². The Hall–Kier alpha value is -3.01. The van der Waals surface area contributed by atoms with E-state index in [9.17, 15) is 16.8 Å². The van der Waals surface area contributed by atoms with Crippen LogP contribution < -0.4 is 4.72 Å². The largest absolute Gasteiger partial charge is 0.337 e. The van der Waals surface area contributed by atoms with Crippen molar-refractivity contribution in [3.63, 3.8) is 0 Å². The van der Waals surface area contributed by atoms with Crippen molar-refractivity contribution in [1.29, 1.82) is 0 Å². The van der Waals surface area contributed by atoms with Crippen LogP contribution in [0.1, 0.15) is 12.0 Å². The van der Waals surface area contributed by atoms with Crippen molar-refractivity contribution in [2.75, 3.05) is 6.54 Å². The number of sulfone groups is 1. The first-order valence-corrected chi connectivity index (χ1v) is 13.0. The van der Waals surface area contributed by atoms with E-state index in [2.05, 4.69) is 9.71 Å². The van der Waals surface area contributed by atoms with Crippen LogP contribution in [0.15, 0.2) is 94.1 Å². The maximum absolute atomic E-state index is 13.2. The summed E-state index contributed by atoms with van der Waals surface area (Å²) in [5, 5.41) is 1.73. The standard InChI is InChI=1S/C23H23N3O4S2/c1-18-7-9-22(31(27,28)21-10-8-19-5-2-3-6-20(19)15-21)16-23(18)32(29,30)25-11-4-13-26-14-12-24-17-26/h2-3,5-10,12,14-17,25H,4,11,13H2,1H3. The molecule has 0 fully saturated rings. The third kappa shape index (κ3) is 4.59. The molecule has 32 heavy (non-hydrogen) atoms. The summed E-state index contributed by atoms with van der Waals surface area (Å²) in [5.41, 5.74) is 0.476. The fourth-order valence-electron chi connectivity index (χ4n) is 3.47. The molecule has 3 aromatic carbocycles. The van der Waals surface area contributed by atoms with E-state index in [0.717, 1.165) is 10.8 Å². The minimum Gasteiger partial charge on any atom is -0.337 e. The molecule has 0 atom stereocenters. The van der Waals surface area contributed by atoms with Crippen molar-refractivity contribution in [3.8, 4) is 0 Å². The summed E-state index contributed by atoms with van der Waals surface area (Å²) >= 11 is 0. The van der Waals surface area contributed by atoms with Crippen molar-refractivity contribution in [3.05, 3.63) is 84.9 Å². The van der Waals surface area contributed by atoms with Gasteiger partial charge in [0, 0.05) is 25.5 Å². The lowest BCUT2D eigenvalue weighted by atomic mass is 10.1. The Morgan fingerprint density at radius 2 is 1.62 bits per heavy atom. The third-order valence-corrected chi connectivity index (χ3v) is 8.59. The van der Waals surface area contributed by atoms with Gasteiger partial charge in [-0.25, -0.2) is 26.5 Å². The number of aromatic nitrogens is 2. The molecular formula is C23H23N3O4S2. The van der Waals surface area contributed by atoms with Gasteiger partial charge < -0.3 is 4.57 Å². The van der Waals surface area contributed by atoms with Crippen LogP contribution in [0.2, 0.25) is 0 Å². The van der Waals surface area contributed by atoms with Gasteiger partial charge in [0.25, 0.3) is 0 Å². The Labute approximate surface area is 187 Å². The van der Waals surface area contributed by atoms with E-state index >= 15 is 0 Å². The van der Waals surface area contributed by atoms with Gasteiger partial charge in [-0.1, -0.05) is 36.4 Å². The molecule has 0 saturated heterocycles. The fourth-order valence-corrected chi connectivity index (χ4v) is 6.21. The van der Waals surface area contributed by atoms with Gasteiger partial charge in [-0.05, 0) is 53.9 Å². The molecule has 9 heteroatoms. The van der Waals surface area contributed by atoms with E-state index < -0.39 is 19.9 Å². The zero-order valence-electron chi connectivity index (χ0n) is 17.5. The molecule has 0 spiro atoms. The van der Waals surface area contributed by atoms with Gasteiger partial charge in [0.15, 0.2) is 0 Å². The van der Waals surface area contributed by atoms with E-state index in [4.69, 9.17) is 0 Å². The third-order valence-electron chi connectivity index (χ3n) is 5.24. The Balaban J connectivity index is 1.59. The minimum atomic E-state index is -3.89. The van der Waals surface area contributed by atoms with Crippen LogP contribution in [0.5, 0.6) is 0 Å². The van der Waals surface area contributed by atoms with Crippen molar-refractivity contribution in [1.82, 2.24) is 14.3 Å². The molecule has 1 aromatic heterocycles. The molecular weight excluding hydrogens is 446 g/mol. The topological polar surface area (TPSA) is 98.1 Å². The molecule has 0 radical (unpaired) electrons. The lowest BCUT2D eigenvalue weighted by Gasteiger charge is -2.12. The van der Waals surface area contributed by atoms with Crippen LogP contribution in [0.4, 0.5) is 0 Å². The molecule has 0 unspecified atom stereocenters. The van der Waals surface area contributed by atoms with Gasteiger partial charge >= 0.3 is 0 Å². The zero-order valence-corrected chi connectivity index (χ0v) is 19.1. The number of hydrogen-bond acceptors (Lipinski definition) is 5. The maximum Gasteiger partial charge on any atom is 0.240 e. The average Bonchev–Trinajstić information content (AvgIpc) is 3.30. The van der Waals surface area contributed by atoms with Crippen LogP contribution >= 0.6 is 0 Å². The highest BCUT2D eigenvalue weighted by molar-refractivity contribution is 7.91. The van der Waals surface area contributed by atoms with Crippen molar-refractivity contribution >= 4 is 30.6 Å². The van der Waals surface area contributed by atoms with E-state index in [0.29, 0.717) is 18.5 Å². The van der Waals surface area contributed by atoms with Crippen molar-refractivity contribution in [2.24, 2.45) is 0 Å². The molecule has 1 heterocycles. The second-order valence-corrected chi connectivity index (χ2v) is 11.2. The summed E-state index contributed by atoms with van der Waals surface area (Å²) in [6, 6.07) is 16.6. The minimum absolute atomic E-state index is 0.0398. The molecule has 0 aliphatic rings. The van der Waals surface area contributed by atoms with E-state index in [-0.39, 0.29) is 21.2 Å². The second-order valence-electron chi connectivity index (χ2n) is 7.49. The zero-order chi connectivity index (χ0) is 22.8. The van der Waals surface area contributed by atoms with Crippen LogP contribution in [-0.2, 0) is 26.4 Å². The Morgan fingerprint density at radius 3 is 2.38 bits per heavy atom. The number of nitrogens with zero attached hydrogens (tertiary/aromatic N) is 2. The van der Waals surface area contributed by atoms with Gasteiger partial charge in [-0.3, -0.25) is 0 Å². The average molecular weight is 470 g/mol. The molecule has 0 saturated carbocycles. The lowest BCUT2D eigenvalue weighted by molar-refractivity contribution is 0.569. The quantitative estimate of drug-likeness (QED) is 0.398. The number of sulfonamides is 1. The summed E-state index contributed by atoms with van der Waals surface area (Å²) in [4.78, 5) is 3.97. The van der Waals surface area contributed by atoms with Crippen LogP contribution in [0.3, 0.4) is 0 Å².